The molecular formula is C9H15F3N2O2. The molecule has 0 saturated heterocycles. The third kappa shape index (κ3) is 5.32. The number of nitrogens with one attached hydrogen (secondary N) is 1. The van der Waals surface area contributed by atoms with Gasteiger partial charge in [0.05, 0.1) is 0 Å². The monoisotopic (exact) mass is 240 g/mol. The molecule has 3 N–H and O–H groups in total. The van der Waals surface area contributed by atoms with Gasteiger partial charge in [-0.25, -0.2) is 0 Å². The molecule has 1 fully saturated rings. The first-order valence-corrected chi connectivity index (χ1v) is 5.03. The van der Waals surface area contributed by atoms with Gasteiger partial charge in [0, 0.05) is 12.6 Å². The van der Waals surface area contributed by atoms with E-state index in [1.54, 1.807) is 0 Å². The summed E-state index contributed by atoms with van der Waals surface area (Å²) >= 11 is 0. The van der Waals surface area contributed by atoms with Gasteiger partial charge in [0.1, 0.15) is 13.2 Å². The van der Waals surface area contributed by atoms with Gasteiger partial charge in [-0.05, 0) is 18.8 Å². The minimum Gasteiger partial charge on any atom is -0.362 e. The Morgan fingerprint density at radius 1 is 1.44 bits per heavy atom. The molecule has 0 aromatic rings. The maximum Gasteiger partial charge on any atom is 0.411 e. The fourth-order valence-electron chi connectivity index (χ4n) is 1.52. The van der Waals surface area contributed by atoms with Crippen molar-refractivity contribution >= 4 is 5.91 Å². The second-order valence-electron chi connectivity index (χ2n) is 4.01. The van der Waals surface area contributed by atoms with E-state index in [4.69, 9.17) is 5.73 Å². The van der Waals surface area contributed by atoms with E-state index >= 15 is 0 Å². The smallest absolute Gasteiger partial charge is 0.362 e. The van der Waals surface area contributed by atoms with Crippen LogP contribution < -0.4 is 11.1 Å². The molecule has 0 radical (unpaired) electrons. The maximum atomic E-state index is 11.7. The van der Waals surface area contributed by atoms with Crippen LogP contribution in [-0.4, -0.2) is 37.9 Å². The Morgan fingerprint density at radius 2 is 2.06 bits per heavy atom. The number of ether oxygens (including phenoxy) is 1. The fraction of sp³-hybridized carbons (Fsp3) is 0.889. The highest BCUT2D eigenvalue weighted by molar-refractivity contribution is 5.77. The van der Waals surface area contributed by atoms with Gasteiger partial charge in [-0.1, -0.05) is 0 Å². The zero-order valence-electron chi connectivity index (χ0n) is 8.72. The predicted octanol–water partition coefficient (Wildman–Crippen LogP) is 0.419. The quantitative estimate of drug-likeness (QED) is 0.732. The summed E-state index contributed by atoms with van der Waals surface area (Å²) in [6.07, 6.45) is -2.69. The second-order valence-corrected chi connectivity index (χ2v) is 4.01. The van der Waals surface area contributed by atoms with Crippen molar-refractivity contribution in [2.75, 3.05) is 19.8 Å². The van der Waals surface area contributed by atoms with E-state index in [0.29, 0.717) is 12.5 Å². The Kier molecular flexibility index (Phi) is 4.55. The van der Waals surface area contributed by atoms with E-state index in [2.05, 4.69) is 10.1 Å². The third-order valence-corrected chi connectivity index (χ3v) is 2.36. The zero-order valence-corrected chi connectivity index (χ0v) is 8.72. The standard InChI is InChI=1S/C9H15F3N2O2/c10-9(11,12)5-16-4-8(15)14-3-6-1-7(13)2-6/h6-7H,1-5,13H2,(H,14,15). The van der Waals surface area contributed by atoms with Gasteiger partial charge in [0.2, 0.25) is 5.91 Å². The van der Waals surface area contributed by atoms with Crippen molar-refractivity contribution in [3.8, 4) is 0 Å². The lowest BCUT2D eigenvalue weighted by Gasteiger charge is -2.32. The molecule has 0 heterocycles. The first-order valence-electron chi connectivity index (χ1n) is 5.03. The van der Waals surface area contributed by atoms with Crippen LogP contribution in [0.4, 0.5) is 13.2 Å². The SMILES string of the molecule is NC1CC(CNC(=O)COCC(F)(F)F)C1. The molecule has 7 heteroatoms. The Hall–Kier alpha value is -0.820. The van der Waals surface area contributed by atoms with E-state index in [1.165, 1.54) is 0 Å². The van der Waals surface area contributed by atoms with Crippen molar-refractivity contribution in [1.82, 2.24) is 5.32 Å². The molecule has 0 aliphatic heterocycles. The third-order valence-electron chi connectivity index (χ3n) is 2.36. The van der Waals surface area contributed by atoms with Gasteiger partial charge < -0.3 is 15.8 Å². The lowest BCUT2D eigenvalue weighted by molar-refractivity contribution is -0.175. The number of alkyl halides is 3. The molecule has 0 aromatic heterocycles. The summed E-state index contributed by atoms with van der Waals surface area (Å²) in [6.45, 7) is -1.49. The molecule has 1 amide bonds. The predicted molar refractivity (Wildman–Crippen MR) is 50.6 cm³/mol. The molecule has 0 atom stereocenters. The van der Waals surface area contributed by atoms with Crippen molar-refractivity contribution in [3.63, 3.8) is 0 Å². The van der Waals surface area contributed by atoms with Crippen LogP contribution in [0, 0.1) is 5.92 Å². The summed E-state index contributed by atoms with van der Waals surface area (Å²) in [7, 11) is 0. The largest absolute Gasteiger partial charge is 0.411 e. The van der Waals surface area contributed by atoms with Crippen LogP contribution >= 0.6 is 0 Å². The number of nitrogens with two attached hydrogens (primary N) is 1. The van der Waals surface area contributed by atoms with Crippen LogP contribution in [0.25, 0.3) is 0 Å². The first-order chi connectivity index (χ1) is 7.37. The highest BCUT2D eigenvalue weighted by Crippen LogP contribution is 2.24. The Morgan fingerprint density at radius 3 is 2.56 bits per heavy atom. The highest BCUT2D eigenvalue weighted by atomic mass is 19.4. The number of hydrogen-bond acceptors (Lipinski definition) is 3. The summed E-state index contributed by atoms with van der Waals surface area (Å²) in [6, 6.07) is 0.198. The molecular weight excluding hydrogens is 225 g/mol. The molecule has 16 heavy (non-hydrogen) atoms. The summed E-state index contributed by atoms with van der Waals surface area (Å²) in [5, 5.41) is 2.50. The van der Waals surface area contributed by atoms with E-state index in [1.807, 2.05) is 0 Å². The van der Waals surface area contributed by atoms with Crippen LogP contribution in [0.1, 0.15) is 12.8 Å². The van der Waals surface area contributed by atoms with E-state index < -0.39 is 25.3 Å². The number of carbonyl (C=O) groups excluding carboxylic acids is 1. The molecule has 1 saturated carbocycles. The number of carbonyl (C=O) groups is 1. The van der Waals surface area contributed by atoms with Crippen molar-refractivity contribution < 1.29 is 22.7 Å². The average Bonchev–Trinajstić information content (AvgIpc) is 2.08. The van der Waals surface area contributed by atoms with Gasteiger partial charge in [-0.15, -0.1) is 0 Å². The van der Waals surface area contributed by atoms with Crippen molar-refractivity contribution in [1.29, 1.82) is 0 Å². The second kappa shape index (κ2) is 5.49. The molecule has 1 rings (SSSR count). The number of halogens is 3. The average molecular weight is 240 g/mol. The molecule has 0 spiro atoms. The molecule has 1 aliphatic carbocycles. The summed E-state index contributed by atoms with van der Waals surface area (Å²) in [4.78, 5) is 11.0. The summed E-state index contributed by atoms with van der Waals surface area (Å²) in [5.41, 5.74) is 5.54. The fourth-order valence-corrected chi connectivity index (χ4v) is 1.52. The Labute approximate surface area is 91.3 Å². The van der Waals surface area contributed by atoms with E-state index in [9.17, 15) is 18.0 Å². The maximum absolute atomic E-state index is 11.7. The first kappa shape index (κ1) is 13.2. The van der Waals surface area contributed by atoms with Crippen LogP contribution in [-0.2, 0) is 9.53 Å². The number of hydrogen-bond donors (Lipinski definition) is 2. The van der Waals surface area contributed by atoms with Gasteiger partial charge >= 0.3 is 6.18 Å². The lowest BCUT2D eigenvalue weighted by atomic mass is 9.81. The van der Waals surface area contributed by atoms with E-state index in [0.717, 1.165) is 12.8 Å². The molecule has 1 aliphatic rings. The highest BCUT2D eigenvalue weighted by Gasteiger charge is 2.28. The summed E-state index contributed by atoms with van der Waals surface area (Å²) in [5.74, 6) is -0.175. The van der Waals surface area contributed by atoms with Crippen molar-refractivity contribution in [3.05, 3.63) is 0 Å². The molecule has 94 valence electrons. The van der Waals surface area contributed by atoms with Crippen LogP contribution in [0.15, 0.2) is 0 Å². The zero-order chi connectivity index (χ0) is 12.2. The van der Waals surface area contributed by atoms with Crippen molar-refractivity contribution in [2.45, 2.75) is 25.1 Å². The molecule has 0 unspecified atom stereocenters. The topological polar surface area (TPSA) is 64.3 Å². The lowest BCUT2D eigenvalue weighted by Crippen LogP contribution is -2.43. The van der Waals surface area contributed by atoms with Crippen LogP contribution in [0.3, 0.4) is 0 Å². The van der Waals surface area contributed by atoms with E-state index in [-0.39, 0.29) is 6.04 Å². The van der Waals surface area contributed by atoms with Gasteiger partial charge in [-0.3, -0.25) is 4.79 Å². The van der Waals surface area contributed by atoms with Crippen molar-refractivity contribution in [2.24, 2.45) is 11.7 Å². The summed E-state index contributed by atoms with van der Waals surface area (Å²) < 4.78 is 39.2. The van der Waals surface area contributed by atoms with Gasteiger partial charge in [0.15, 0.2) is 0 Å². The minimum atomic E-state index is -4.39. The Balaban J connectivity index is 1.99. The molecule has 0 bridgehead atoms. The number of rotatable bonds is 5. The minimum absolute atomic E-state index is 0.198. The normalized spacial score (nSPS) is 25.0. The van der Waals surface area contributed by atoms with Gasteiger partial charge in [0.25, 0.3) is 0 Å². The Bertz CT molecular complexity index is 239. The van der Waals surface area contributed by atoms with Crippen LogP contribution in [0.5, 0.6) is 0 Å². The van der Waals surface area contributed by atoms with Gasteiger partial charge in [-0.2, -0.15) is 13.2 Å². The molecule has 0 aromatic carbocycles. The number of amides is 1. The van der Waals surface area contributed by atoms with Crippen LogP contribution in [0.2, 0.25) is 0 Å². The molecule has 4 nitrogen and oxygen atoms in total.